The molecule has 0 fully saturated rings. The van der Waals surface area contributed by atoms with Crippen LogP contribution in [0.1, 0.15) is 11.4 Å². The SMILES string of the molecule is Cn1nnc(Cc2ccc(Br)cc2)n1. The van der Waals surface area contributed by atoms with Crippen LogP contribution in [0.3, 0.4) is 0 Å². The number of aromatic nitrogens is 4. The number of rotatable bonds is 2. The van der Waals surface area contributed by atoms with Crippen molar-refractivity contribution in [1.29, 1.82) is 0 Å². The molecule has 0 saturated heterocycles. The van der Waals surface area contributed by atoms with Gasteiger partial charge in [0.25, 0.3) is 0 Å². The molecule has 0 aliphatic rings. The summed E-state index contributed by atoms with van der Waals surface area (Å²) in [5, 5.41) is 11.8. The molecular formula is C9H9BrN4. The molecule has 14 heavy (non-hydrogen) atoms. The van der Waals surface area contributed by atoms with Crippen LogP contribution in [0.4, 0.5) is 0 Å². The fourth-order valence-electron chi connectivity index (χ4n) is 1.18. The van der Waals surface area contributed by atoms with Crippen molar-refractivity contribution in [3.63, 3.8) is 0 Å². The minimum atomic E-state index is 0.723. The monoisotopic (exact) mass is 252 g/mol. The Balaban J connectivity index is 2.15. The van der Waals surface area contributed by atoms with Crippen LogP contribution in [0.25, 0.3) is 0 Å². The van der Waals surface area contributed by atoms with E-state index in [-0.39, 0.29) is 0 Å². The van der Waals surface area contributed by atoms with Gasteiger partial charge in [-0.25, -0.2) is 0 Å². The van der Waals surface area contributed by atoms with Gasteiger partial charge >= 0.3 is 0 Å². The Morgan fingerprint density at radius 2 is 2.00 bits per heavy atom. The molecule has 1 heterocycles. The van der Waals surface area contributed by atoms with E-state index in [2.05, 4.69) is 31.3 Å². The highest BCUT2D eigenvalue weighted by molar-refractivity contribution is 9.10. The third-order valence-electron chi connectivity index (χ3n) is 1.83. The maximum absolute atomic E-state index is 4.11. The van der Waals surface area contributed by atoms with Crippen molar-refractivity contribution in [3.8, 4) is 0 Å². The van der Waals surface area contributed by atoms with Crippen LogP contribution in [-0.2, 0) is 13.5 Å². The molecule has 0 radical (unpaired) electrons. The van der Waals surface area contributed by atoms with E-state index in [1.807, 2.05) is 24.3 Å². The minimum Gasteiger partial charge on any atom is -0.167 e. The second kappa shape index (κ2) is 3.88. The van der Waals surface area contributed by atoms with Gasteiger partial charge in [-0.05, 0) is 22.9 Å². The molecule has 0 amide bonds. The minimum absolute atomic E-state index is 0.723. The molecule has 0 aliphatic carbocycles. The van der Waals surface area contributed by atoms with Crippen LogP contribution in [0.15, 0.2) is 28.7 Å². The Hall–Kier alpha value is -1.23. The Morgan fingerprint density at radius 1 is 1.29 bits per heavy atom. The standard InChI is InChI=1S/C9H9BrN4/c1-14-12-9(11-13-14)6-7-2-4-8(10)5-3-7/h2-5H,6H2,1H3. The summed E-state index contributed by atoms with van der Waals surface area (Å²) < 4.78 is 1.08. The van der Waals surface area contributed by atoms with Crippen LogP contribution in [0.2, 0.25) is 0 Å². The average Bonchev–Trinajstić information content (AvgIpc) is 2.56. The van der Waals surface area contributed by atoms with Crippen molar-refractivity contribution in [2.24, 2.45) is 7.05 Å². The molecule has 4 nitrogen and oxygen atoms in total. The molecule has 0 unspecified atom stereocenters. The first-order chi connectivity index (χ1) is 6.74. The molecule has 0 N–H and O–H groups in total. The molecular weight excluding hydrogens is 244 g/mol. The molecule has 2 aromatic rings. The average molecular weight is 253 g/mol. The van der Waals surface area contributed by atoms with Crippen molar-refractivity contribution in [1.82, 2.24) is 20.2 Å². The quantitative estimate of drug-likeness (QED) is 0.815. The lowest BCUT2D eigenvalue weighted by molar-refractivity contribution is 0.628. The number of hydrogen-bond acceptors (Lipinski definition) is 3. The molecule has 0 spiro atoms. The normalized spacial score (nSPS) is 10.4. The summed E-state index contributed by atoms with van der Waals surface area (Å²) in [7, 11) is 1.76. The van der Waals surface area contributed by atoms with E-state index in [9.17, 15) is 0 Å². The zero-order valence-electron chi connectivity index (χ0n) is 7.68. The summed E-state index contributed by atoms with van der Waals surface area (Å²) in [4.78, 5) is 1.47. The van der Waals surface area contributed by atoms with Gasteiger partial charge in [0, 0.05) is 10.9 Å². The van der Waals surface area contributed by atoms with Gasteiger partial charge in [-0.1, -0.05) is 28.1 Å². The van der Waals surface area contributed by atoms with Gasteiger partial charge in [0.05, 0.1) is 7.05 Å². The molecule has 1 aromatic carbocycles. The van der Waals surface area contributed by atoms with E-state index in [1.165, 1.54) is 10.4 Å². The molecule has 0 saturated carbocycles. The topological polar surface area (TPSA) is 43.6 Å². The van der Waals surface area contributed by atoms with Gasteiger partial charge in [-0.2, -0.15) is 4.80 Å². The van der Waals surface area contributed by atoms with Gasteiger partial charge < -0.3 is 0 Å². The van der Waals surface area contributed by atoms with E-state index in [4.69, 9.17) is 0 Å². The van der Waals surface area contributed by atoms with Crippen LogP contribution in [0.5, 0.6) is 0 Å². The van der Waals surface area contributed by atoms with Crippen LogP contribution >= 0.6 is 15.9 Å². The lowest BCUT2D eigenvalue weighted by Gasteiger charge is -1.96. The first kappa shape index (κ1) is 9.33. The highest BCUT2D eigenvalue weighted by Crippen LogP contribution is 2.11. The number of aryl methyl sites for hydroxylation is 1. The molecule has 0 aliphatic heterocycles. The number of nitrogens with zero attached hydrogens (tertiary/aromatic N) is 4. The van der Waals surface area contributed by atoms with Crippen molar-refractivity contribution >= 4 is 15.9 Å². The lowest BCUT2D eigenvalue weighted by atomic mass is 10.1. The largest absolute Gasteiger partial charge is 0.179 e. The highest BCUT2D eigenvalue weighted by Gasteiger charge is 2.01. The molecule has 1 aromatic heterocycles. The summed E-state index contributed by atoms with van der Waals surface area (Å²) in [6, 6.07) is 8.10. The zero-order valence-corrected chi connectivity index (χ0v) is 9.27. The van der Waals surface area contributed by atoms with Crippen molar-refractivity contribution in [2.45, 2.75) is 6.42 Å². The van der Waals surface area contributed by atoms with Crippen LogP contribution < -0.4 is 0 Å². The zero-order chi connectivity index (χ0) is 9.97. The van der Waals surface area contributed by atoms with Gasteiger partial charge in [0.1, 0.15) is 0 Å². The molecule has 0 atom stereocenters. The molecule has 5 heteroatoms. The third-order valence-corrected chi connectivity index (χ3v) is 2.35. The van der Waals surface area contributed by atoms with Gasteiger partial charge in [-0.3, -0.25) is 0 Å². The van der Waals surface area contributed by atoms with E-state index < -0.39 is 0 Å². The van der Waals surface area contributed by atoms with Crippen molar-refractivity contribution in [2.75, 3.05) is 0 Å². The summed E-state index contributed by atoms with van der Waals surface area (Å²) in [5.41, 5.74) is 1.18. The van der Waals surface area contributed by atoms with Gasteiger partial charge in [-0.15, -0.1) is 10.2 Å². The second-order valence-electron chi connectivity index (χ2n) is 3.00. The Kier molecular flexibility index (Phi) is 2.58. The maximum atomic E-state index is 4.11. The predicted molar refractivity (Wildman–Crippen MR) is 55.7 cm³/mol. The Morgan fingerprint density at radius 3 is 2.57 bits per heavy atom. The Bertz CT molecular complexity index is 421. The Labute approximate surface area is 90.1 Å². The molecule has 2 rings (SSSR count). The van der Waals surface area contributed by atoms with Crippen molar-refractivity contribution in [3.05, 3.63) is 40.1 Å². The maximum Gasteiger partial charge on any atom is 0.179 e. The second-order valence-corrected chi connectivity index (χ2v) is 3.91. The fourth-order valence-corrected chi connectivity index (χ4v) is 1.44. The van der Waals surface area contributed by atoms with E-state index in [1.54, 1.807) is 7.05 Å². The summed E-state index contributed by atoms with van der Waals surface area (Å²) in [5.74, 6) is 0.745. The lowest BCUT2D eigenvalue weighted by Crippen LogP contribution is -1.94. The number of halogens is 1. The summed E-state index contributed by atoms with van der Waals surface area (Å²) in [6.45, 7) is 0. The molecule has 0 bridgehead atoms. The number of tetrazole rings is 1. The van der Waals surface area contributed by atoms with E-state index >= 15 is 0 Å². The van der Waals surface area contributed by atoms with Crippen LogP contribution in [-0.4, -0.2) is 20.2 Å². The third kappa shape index (κ3) is 2.17. The first-order valence-corrected chi connectivity index (χ1v) is 5.00. The fraction of sp³-hybridized carbons (Fsp3) is 0.222. The highest BCUT2D eigenvalue weighted by atomic mass is 79.9. The summed E-state index contributed by atoms with van der Waals surface area (Å²) >= 11 is 3.39. The van der Waals surface area contributed by atoms with Gasteiger partial charge in [0.15, 0.2) is 5.82 Å². The van der Waals surface area contributed by atoms with Crippen molar-refractivity contribution < 1.29 is 0 Å². The summed E-state index contributed by atoms with van der Waals surface area (Å²) in [6.07, 6.45) is 0.723. The van der Waals surface area contributed by atoms with E-state index in [0.29, 0.717) is 0 Å². The smallest absolute Gasteiger partial charge is 0.167 e. The number of hydrogen-bond donors (Lipinski definition) is 0. The van der Waals surface area contributed by atoms with Gasteiger partial charge in [0.2, 0.25) is 0 Å². The first-order valence-electron chi connectivity index (χ1n) is 4.21. The molecule has 72 valence electrons. The predicted octanol–water partition coefficient (Wildman–Crippen LogP) is 1.56. The van der Waals surface area contributed by atoms with Crippen LogP contribution in [0, 0.1) is 0 Å². The van der Waals surface area contributed by atoms with E-state index in [0.717, 1.165) is 16.7 Å². The number of benzene rings is 1.